The summed E-state index contributed by atoms with van der Waals surface area (Å²) in [6, 6.07) is 3.05. The van der Waals surface area contributed by atoms with Crippen LogP contribution in [-0.2, 0) is 10.0 Å². The zero-order valence-corrected chi connectivity index (χ0v) is 15.5. The first-order valence-electron chi connectivity index (χ1n) is 8.02. The average molecular weight is 358 g/mol. The van der Waals surface area contributed by atoms with E-state index in [1.54, 1.807) is 16.4 Å². The highest BCUT2D eigenvalue weighted by molar-refractivity contribution is 7.89. The molecule has 1 aliphatic heterocycles. The minimum absolute atomic E-state index is 0.0521. The van der Waals surface area contributed by atoms with Crippen LogP contribution in [0.3, 0.4) is 0 Å². The van der Waals surface area contributed by atoms with Crippen molar-refractivity contribution in [2.24, 2.45) is 0 Å². The van der Waals surface area contributed by atoms with Crippen LogP contribution in [0, 0.1) is 0 Å². The molecule has 1 atom stereocenters. The lowest BCUT2D eigenvalue weighted by atomic mass is 10.1. The molecule has 0 saturated carbocycles. The van der Waals surface area contributed by atoms with Gasteiger partial charge in [0.15, 0.2) is 4.90 Å². The quantitative estimate of drug-likeness (QED) is 0.795. The zero-order valence-electron chi connectivity index (χ0n) is 14.7. The molecular weight excluding hydrogens is 332 g/mol. The van der Waals surface area contributed by atoms with Crippen LogP contribution in [0.1, 0.15) is 19.8 Å². The fourth-order valence-electron chi connectivity index (χ4n) is 2.98. The fraction of sp³-hybridized carbons (Fsp3) is 0.625. The minimum atomic E-state index is -3.76. The van der Waals surface area contributed by atoms with Gasteiger partial charge in [0, 0.05) is 37.8 Å². The maximum Gasteiger partial charge on any atom is 0.250 e. The number of piperazine rings is 1. The summed E-state index contributed by atoms with van der Waals surface area (Å²) >= 11 is 0. The van der Waals surface area contributed by atoms with Crippen LogP contribution >= 0.6 is 0 Å². The summed E-state index contributed by atoms with van der Waals surface area (Å²) < 4.78 is 44.0. The van der Waals surface area contributed by atoms with Crippen LogP contribution in [0.15, 0.2) is 17.0 Å². The number of sulfonamides is 1. The van der Waals surface area contributed by atoms with E-state index in [1.807, 2.05) is 6.92 Å². The lowest BCUT2D eigenvalue weighted by Crippen LogP contribution is -2.53. The number of hydrogen-bond donors (Lipinski definition) is 1. The Labute approximate surface area is 143 Å². The summed E-state index contributed by atoms with van der Waals surface area (Å²) in [5.41, 5.74) is 0. The van der Waals surface area contributed by atoms with Crippen LogP contribution in [0.5, 0.6) is 17.2 Å². The summed E-state index contributed by atoms with van der Waals surface area (Å²) in [6.45, 7) is 3.74. The van der Waals surface area contributed by atoms with E-state index < -0.39 is 10.0 Å². The van der Waals surface area contributed by atoms with Gasteiger partial charge in [0.25, 0.3) is 10.0 Å². The van der Waals surface area contributed by atoms with Gasteiger partial charge in [0.1, 0.15) is 17.2 Å². The van der Waals surface area contributed by atoms with Crippen LogP contribution in [0.2, 0.25) is 0 Å². The Morgan fingerprint density at radius 1 is 1.17 bits per heavy atom. The molecule has 1 fully saturated rings. The predicted molar refractivity (Wildman–Crippen MR) is 91.6 cm³/mol. The normalized spacial score (nSPS) is 19.1. The van der Waals surface area contributed by atoms with Crippen molar-refractivity contribution < 1.29 is 22.6 Å². The summed E-state index contributed by atoms with van der Waals surface area (Å²) in [6.07, 6.45) is 1.71. The lowest BCUT2D eigenvalue weighted by Gasteiger charge is -2.35. The van der Waals surface area contributed by atoms with Gasteiger partial charge in [-0.3, -0.25) is 0 Å². The third-order valence-electron chi connectivity index (χ3n) is 4.15. The van der Waals surface area contributed by atoms with Crippen molar-refractivity contribution in [2.75, 3.05) is 41.0 Å². The molecule has 1 aliphatic rings. The van der Waals surface area contributed by atoms with E-state index in [-0.39, 0.29) is 22.4 Å². The van der Waals surface area contributed by atoms with E-state index in [1.165, 1.54) is 21.3 Å². The van der Waals surface area contributed by atoms with Crippen LogP contribution in [-0.4, -0.2) is 59.7 Å². The fourth-order valence-corrected chi connectivity index (χ4v) is 4.91. The van der Waals surface area contributed by atoms with Crippen molar-refractivity contribution in [3.63, 3.8) is 0 Å². The second kappa shape index (κ2) is 8.04. The van der Waals surface area contributed by atoms with Gasteiger partial charge in [-0.15, -0.1) is 0 Å². The van der Waals surface area contributed by atoms with E-state index >= 15 is 0 Å². The number of methoxy groups -OCH3 is 3. The number of hydrogen-bond acceptors (Lipinski definition) is 6. The molecule has 136 valence electrons. The first-order valence-corrected chi connectivity index (χ1v) is 9.46. The van der Waals surface area contributed by atoms with Crippen molar-refractivity contribution >= 4 is 10.0 Å². The van der Waals surface area contributed by atoms with Gasteiger partial charge in [-0.05, 0) is 6.42 Å². The van der Waals surface area contributed by atoms with Crippen LogP contribution < -0.4 is 19.5 Å². The Bertz CT molecular complexity index is 635. The number of rotatable bonds is 7. The van der Waals surface area contributed by atoms with Gasteiger partial charge >= 0.3 is 0 Å². The molecule has 1 saturated heterocycles. The zero-order chi connectivity index (χ0) is 17.7. The molecule has 1 unspecified atom stereocenters. The number of ether oxygens (including phenoxy) is 3. The second-order valence-electron chi connectivity index (χ2n) is 5.62. The molecule has 1 aromatic carbocycles. The highest BCUT2D eigenvalue weighted by Crippen LogP contribution is 2.40. The third-order valence-corrected chi connectivity index (χ3v) is 6.17. The standard InChI is InChI=1S/C16H26N2O5S/c1-5-6-12-11-17-7-8-18(12)24(19,20)16-14(22-3)9-13(21-2)10-15(16)23-4/h9-10,12,17H,5-8,11H2,1-4H3. The molecule has 0 radical (unpaired) electrons. The Hall–Kier alpha value is -1.51. The van der Waals surface area contributed by atoms with Gasteiger partial charge in [0.05, 0.1) is 21.3 Å². The molecule has 24 heavy (non-hydrogen) atoms. The van der Waals surface area contributed by atoms with E-state index in [0.717, 1.165) is 12.8 Å². The van der Waals surface area contributed by atoms with Crippen LogP contribution in [0.25, 0.3) is 0 Å². The molecule has 0 aliphatic carbocycles. The highest BCUT2D eigenvalue weighted by atomic mass is 32.2. The number of benzene rings is 1. The smallest absolute Gasteiger partial charge is 0.250 e. The van der Waals surface area contributed by atoms with Gasteiger partial charge in [-0.1, -0.05) is 13.3 Å². The molecule has 0 bridgehead atoms. The molecule has 0 amide bonds. The topological polar surface area (TPSA) is 77.1 Å². The molecule has 2 rings (SSSR count). The summed E-state index contributed by atoms with van der Waals surface area (Å²) in [5.74, 6) is 0.924. The first-order chi connectivity index (χ1) is 11.5. The Kier molecular flexibility index (Phi) is 6.31. The molecule has 1 N–H and O–H groups in total. The minimum Gasteiger partial charge on any atom is -0.496 e. The summed E-state index contributed by atoms with van der Waals surface area (Å²) in [5, 5.41) is 3.26. The molecule has 0 spiro atoms. The summed E-state index contributed by atoms with van der Waals surface area (Å²) in [4.78, 5) is 0.0521. The van der Waals surface area contributed by atoms with Crippen molar-refractivity contribution in [1.29, 1.82) is 0 Å². The molecule has 7 nitrogen and oxygen atoms in total. The van der Waals surface area contributed by atoms with E-state index in [0.29, 0.717) is 25.4 Å². The van der Waals surface area contributed by atoms with Gasteiger partial charge in [-0.25, -0.2) is 8.42 Å². The summed E-state index contributed by atoms with van der Waals surface area (Å²) in [7, 11) is 0.632. The molecular formula is C16H26N2O5S. The average Bonchev–Trinajstić information content (AvgIpc) is 2.60. The Morgan fingerprint density at radius 2 is 1.79 bits per heavy atom. The van der Waals surface area contributed by atoms with Crippen molar-refractivity contribution in [3.8, 4) is 17.2 Å². The lowest BCUT2D eigenvalue weighted by molar-refractivity contribution is 0.252. The largest absolute Gasteiger partial charge is 0.496 e. The second-order valence-corrected chi connectivity index (χ2v) is 7.45. The van der Waals surface area contributed by atoms with Gasteiger partial charge in [0.2, 0.25) is 0 Å². The Morgan fingerprint density at radius 3 is 2.29 bits per heavy atom. The van der Waals surface area contributed by atoms with Gasteiger partial charge < -0.3 is 19.5 Å². The van der Waals surface area contributed by atoms with Crippen molar-refractivity contribution in [1.82, 2.24) is 9.62 Å². The SMILES string of the molecule is CCCC1CNCCN1S(=O)(=O)c1c(OC)cc(OC)cc1OC. The van der Waals surface area contributed by atoms with Gasteiger partial charge in [-0.2, -0.15) is 4.31 Å². The predicted octanol–water partition coefficient (Wildman–Crippen LogP) is 1.47. The molecule has 1 heterocycles. The molecule has 8 heteroatoms. The van der Waals surface area contributed by atoms with Crippen molar-refractivity contribution in [2.45, 2.75) is 30.7 Å². The maximum absolute atomic E-state index is 13.3. The number of nitrogens with zero attached hydrogens (tertiary/aromatic N) is 1. The molecule has 1 aromatic rings. The number of nitrogens with one attached hydrogen (secondary N) is 1. The monoisotopic (exact) mass is 358 g/mol. The van der Waals surface area contributed by atoms with Crippen molar-refractivity contribution in [3.05, 3.63) is 12.1 Å². The third kappa shape index (κ3) is 3.60. The van der Waals surface area contributed by atoms with E-state index in [9.17, 15) is 8.42 Å². The maximum atomic E-state index is 13.3. The van der Waals surface area contributed by atoms with E-state index in [2.05, 4.69) is 5.32 Å². The molecule has 0 aromatic heterocycles. The van der Waals surface area contributed by atoms with E-state index in [4.69, 9.17) is 14.2 Å². The Balaban J connectivity index is 2.55. The van der Waals surface area contributed by atoms with Crippen LogP contribution in [0.4, 0.5) is 0 Å². The highest BCUT2D eigenvalue weighted by Gasteiger charge is 2.37. The first kappa shape index (κ1) is 18.8.